The minimum absolute atomic E-state index is 0.200. The highest BCUT2D eigenvalue weighted by Gasteiger charge is 2.12. The molecule has 0 amide bonds. The molecule has 0 aliphatic carbocycles. The van der Waals surface area contributed by atoms with Gasteiger partial charge in [0.2, 0.25) is 5.82 Å². The normalized spacial score (nSPS) is 13.3. The number of nitrogens with one attached hydrogen (secondary N) is 1. The van der Waals surface area contributed by atoms with E-state index in [9.17, 15) is 5.11 Å². The number of para-hydroxylation sites is 1. The van der Waals surface area contributed by atoms with Crippen LogP contribution in [0.5, 0.6) is 0 Å². The van der Waals surface area contributed by atoms with E-state index in [1.54, 1.807) is 13.3 Å². The second kappa shape index (κ2) is 5.22. The lowest BCUT2D eigenvalue weighted by Crippen LogP contribution is -2.05. The third-order valence-electron chi connectivity index (χ3n) is 2.95. The predicted octanol–water partition coefficient (Wildman–Crippen LogP) is 0.844. The molecule has 0 saturated carbocycles. The number of hydrogen-bond donors (Lipinski definition) is 2. The van der Waals surface area contributed by atoms with Gasteiger partial charge in [-0.25, -0.2) is 0 Å². The fraction of sp³-hybridized carbons (Fsp3) is 0.231. The molecule has 0 fully saturated rings. The van der Waals surface area contributed by atoms with Crippen molar-refractivity contribution in [2.75, 3.05) is 6.54 Å². The van der Waals surface area contributed by atoms with Crippen LogP contribution in [-0.4, -0.2) is 43.1 Å². The first kappa shape index (κ1) is 12.5. The van der Waals surface area contributed by atoms with E-state index in [1.165, 1.54) is 4.80 Å². The quantitative estimate of drug-likeness (QED) is 0.687. The van der Waals surface area contributed by atoms with Crippen LogP contribution in [-0.2, 0) is 7.05 Å². The topological polar surface area (TPSA) is 92.0 Å². The fourth-order valence-electron chi connectivity index (χ4n) is 1.97. The van der Waals surface area contributed by atoms with Crippen LogP contribution in [0.2, 0.25) is 0 Å². The number of nitrogens with zero attached hydrogens (tertiary/aromatic N) is 5. The van der Waals surface area contributed by atoms with Gasteiger partial charge in [-0.15, -0.1) is 10.2 Å². The number of hydrogen-bond acceptors (Lipinski definition) is 5. The molecule has 2 N–H and O–H groups in total. The van der Waals surface area contributed by atoms with Gasteiger partial charge in [-0.2, -0.15) is 4.80 Å². The van der Waals surface area contributed by atoms with Crippen molar-refractivity contribution in [3.8, 4) is 0 Å². The Kier molecular flexibility index (Phi) is 3.26. The molecule has 20 heavy (non-hydrogen) atoms. The highest BCUT2D eigenvalue weighted by atomic mass is 16.3. The zero-order valence-corrected chi connectivity index (χ0v) is 10.9. The molecular formula is C13H14N6O. The molecule has 0 saturated heterocycles. The first-order valence-corrected chi connectivity index (χ1v) is 6.22. The number of tetrazole rings is 1. The van der Waals surface area contributed by atoms with Crippen molar-refractivity contribution in [2.45, 2.75) is 6.10 Å². The molecule has 3 rings (SSSR count). The summed E-state index contributed by atoms with van der Waals surface area (Å²) in [5.41, 5.74) is 2.05. The average Bonchev–Trinajstić information content (AvgIpc) is 3.06. The largest absolute Gasteiger partial charge is 0.383 e. The van der Waals surface area contributed by atoms with Gasteiger partial charge in [-0.3, -0.25) is 4.99 Å². The van der Waals surface area contributed by atoms with Crippen molar-refractivity contribution in [3.63, 3.8) is 0 Å². The molecule has 0 spiro atoms. The van der Waals surface area contributed by atoms with Crippen molar-refractivity contribution in [2.24, 2.45) is 12.0 Å². The van der Waals surface area contributed by atoms with E-state index in [0.717, 1.165) is 16.5 Å². The van der Waals surface area contributed by atoms with Gasteiger partial charge in [0.05, 0.1) is 13.6 Å². The maximum atomic E-state index is 9.88. The maximum absolute atomic E-state index is 9.88. The van der Waals surface area contributed by atoms with E-state index in [2.05, 4.69) is 25.4 Å². The lowest BCUT2D eigenvalue weighted by molar-refractivity contribution is 0.177. The second-order valence-electron chi connectivity index (χ2n) is 4.44. The van der Waals surface area contributed by atoms with Crippen molar-refractivity contribution in [3.05, 3.63) is 41.9 Å². The number of rotatable bonds is 4. The number of aromatic amines is 1. The molecule has 1 unspecified atom stereocenters. The second-order valence-corrected chi connectivity index (χ2v) is 4.44. The summed E-state index contributed by atoms with van der Waals surface area (Å²) in [5, 5.41) is 22.3. The molecule has 0 aliphatic rings. The lowest BCUT2D eigenvalue weighted by Gasteiger charge is -2.00. The Balaban J connectivity index is 1.71. The Bertz CT molecular complexity index is 744. The van der Waals surface area contributed by atoms with Crippen molar-refractivity contribution < 1.29 is 5.11 Å². The van der Waals surface area contributed by atoms with E-state index in [-0.39, 0.29) is 12.4 Å². The number of aliphatic hydroxyl groups excluding tert-OH is 1. The van der Waals surface area contributed by atoms with Crippen LogP contribution in [0.4, 0.5) is 0 Å². The van der Waals surface area contributed by atoms with Crippen LogP contribution in [0.25, 0.3) is 10.9 Å². The molecule has 0 bridgehead atoms. The Morgan fingerprint density at radius 3 is 3.10 bits per heavy atom. The fourth-order valence-corrected chi connectivity index (χ4v) is 1.97. The Morgan fingerprint density at radius 1 is 1.45 bits per heavy atom. The molecule has 7 nitrogen and oxygen atoms in total. The van der Waals surface area contributed by atoms with Gasteiger partial charge >= 0.3 is 0 Å². The van der Waals surface area contributed by atoms with Gasteiger partial charge in [-0.1, -0.05) is 18.2 Å². The minimum Gasteiger partial charge on any atom is -0.383 e. The summed E-state index contributed by atoms with van der Waals surface area (Å²) in [6.07, 6.45) is 2.78. The zero-order valence-electron chi connectivity index (χ0n) is 10.9. The van der Waals surface area contributed by atoms with Crippen LogP contribution in [0.3, 0.4) is 0 Å². The maximum Gasteiger partial charge on any atom is 0.205 e. The zero-order chi connectivity index (χ0) is 13.9. The van der Waals surface area contributed by atoms with E-state index in [4.69, 9.17) is 0 Å². The predicted molar refractivity (Wildman–Crippen MR) is 74.5 cm³/mol. The highest BCUT2D eigenvalue weighted by molar-refractivity contribution is 5.98. The summed E-state index contributed by atoms with van der Waals surface area (Å²) in [7, 11) is 1.65. The van der Waals surface area contributed by atoms with E-state index >= 15 is 0 Å². The van der Waals surface area contributed by atoms with Gasteiger partial charge in [0, 0.05) is 28.9 Å². The van der Waals surface area contributed by atoms with Crippen LogP contribution < -0.4 is 0 Å². The van der Waals surface area contributed by atoms with Gasteiger partial charge in [0.1, 0.15) is 6.10 Å². The Labute approximate surface area is 115 Å². The molecule has 3 aromatic rings. The summed E-state index contributed by atoms with van der Waals surface area (Å²) >= 11 is 0. The van der Waals surface area contributed by atoms with Crippen molar-refractivity contribution in [1.82, 2.24) is 25.2 Å². The number of aryl methyl sites for hydroxylation is 1. The van der Waals surface area contributed by atoms with Gasteiger partial charge in [-0.05, 0) is 11.3 Å². The number of H-pyrrole nitrogens is 1. The van der Waals surface area contributed by atoms with E-state index < -0.39 is 6.10 Å². The average molecular weight is 270 g/mol. The highest BCUT2D eigenvalue weighted by Crippen LogP contribution is 2.16. The first-order chi connectivity index (χ1) is 9.74. The van der Waals surface area contributed by atoms with Gasteiger partial charge in [0.25, 0.3) is 0 Å². The van der Waals surface area contributed by atoms with Crippen LogP contribution in [0.15, 0.2) is 35.5 Å². The number of aliphatic hydroxyl groups is 1. The molecule has 1 atom stereocenters. The Hall–Kier alpha value is -2.54. The summed E-state index contributed by atoms with van der Waals surface area (Å²) < 4.78 is 0. The number of fused-ring (bicyclic) bond motifs is 1. The summed E-state index contributed by atoms with van der Waals surface area (Å²) in [6.45, 7) is 0.200. The summed E-state index contributed by atoms with van der Waals surface area (Å²) in [6, 6.07) is 7.98. The molecule has 7 heteroatoms. The monoisotopic (exact) mass is 270 g/mol. The molecule has 102 valence electrons. The third-order valence-corrected chi connectivity index (χ3v) is 2.95. The van der Waals surface area contributed by atoms with Crippen LogP contribution >= 0.6 is 0 Å². The van der Waals surface area contributed by atoms with Crippen LogP contribution in [0.1, 0.15) is 17.5 Å². The minimum atomic E-state index is -0.842. The molecule has 2 heterocycles. The summed E-state index contributed by atoms with van der Waals surface area (Å²) in [4.78, 5) is 8.71. The van der Waals surface area contributed by atoms with E-state index in [0.29, 0.717) is 0 Å². The SMILES string of the molecule is Cn1nnc(C(O)CN=Cc2c[nH]c3ccccc23)n1. The standard InChI is InChI=1S/C13H14N6O/c1-19-17-13(16-18-19)12(20)8-14-6-9-7-15-11-5-3-2-4-10(9)11/h2-7,12,15,20H,8H2,1H3. The molecule has 0 aliphatic heterocycles. The lowest BCUT2D eigenvalue weighted by atomic mass is 10.2. The Morgan fingerprint density at radius 2 is 2.30 bits per heavy atom. The van der Waals surface area contributed by atoms with Crippen LogP contribution in [0, 0.1) is 0 Å². The third kappa shape index (κ3) is 2.43. The van der Waals surface area contributed by atoms with Gasteiger partial charge in [0.15, 0.2) is 0 Å². The number of aliphatic imine (C=N–C) groups is 1. The molecule has 0 radical (unpaired) electrons. The summed E-state index contributed by atoms with van der Waals surface area (Å²) in [5.74, 6) is 0.281. The van der Waals surface area contributed by atoms with Gasteiger partial charge < -0.3 is 10.1 Å². The molecule has 2 aromatic heterocycles. The van der Waals surface area contributed by atoms with Crippen molar-refractivity contribution >= 4 is 17.1 Å². The van der Waals surface area contributed by atoms with E-state index in [1.807, 2.05) is 30.5 Å². The number of aromatic nitrogens is 5. The smallest absolute Gasteiger partial charge is 0.205 e. The number of benzene rings is 1. The first-order valence-electron chi connectivity index (χ1n) is 6.22. The molecule has 1 aromatic carbocycles. The molecular weight excluding hydrogens is 256 g/mol. The van der Waals surface area contributed by atoms with Crippen molar-refractivity contribution in [1.29, 1.82) is 0 Å².